The van der Waals surface area contributed by atoms with E-state index in [1.54, 1.807) is 18.2 Å². The van der Waals surface area contributed by atoms with E-state index in [9.17, 15) is 9.18 Å². The van der Waals surface area contributed by atoms with Crippen molar-refractivity contribution >= 4 is 11.5 Å². The Morgan fingerprint density at radius 1 is 1.15 bits per heavy atom. The number of carbonyl (C=O) groups excluding carboxylic acids is 1. The number of hydrogen-bond donors (Lipinski definition) is 1. The lowest BCUT2D eigenvalue weighted by molar-refractivity contribution is -0.121. The molecule has 0 fully saturated rings. The molecule has 0 spiro atoms. The van der Waals surface area contributed by atoms with E-state index in [0.717, 1.165) is 16.7 Å². The Balaban J connectivity index is 1.39. The van der Waals surface area contributed by atoms with Crippen LogP contribution in [0, 0.1) is 11.7 Å². The third-order valence-electron chi connectivity index (χ3n) is 4.41. The zero-order chi connectivity index (χ0) is 18.1. The molecule has 130 valence electrons. The van der Waals surface area contributed by atoms with Gasteiger partial charge in [-0.25, -0.2) is 4.39 Å². The molecule has 0 radical (unpaired) electrons. The van der Waals surface area contributed by atoms with E-state index in [1.807, 2.05) is 37.3 Å². The molecule has 1 unspecified atom stereocenters. The monoisotopic (exact) mass is 349 g/mol. The molecule has 2 aromatic carbocycles. The van der Waals surface area contributed by atoms with Gasteiger partial charge in [-0.15, -0.1) is 0 Å². The molecule has 4 rings (SSSR count). The lowest BCUT2D eigenvalue weighted by atomic mass is 10.1. The minimum Gasteiger partial charge on any atom is -0.346 e. The molecule has 26 heavy (non-hydrogen) atoms. The molecule has 1 aromatic heterocycles. The van der Waals surface area contributed by atoms with Gasteiger partial charge in [-0.05, 0) is 30.2 Å². The predicted octanol–water partition coefficient (Wildman–Crippen LogP) is 3.60. The second-order valence-corrected chi connectivity index (χ2v) is 6.11. The molecule has 3 aromatic rings. The van der Waals surface area contributed by atoms with E-state index in [4.69, 9.17) is 4.52 Å². The zero-order valence-corrected chi connectivity index (χ0v) is 14.1. The first-order valence-corrected chi connectivity index (χ1v) is 8.26. The van der Waals surface area contributed by atoms with Crippen molar-refractivity contribution in [2.45, 2.75) is 13.5 Å². The van der Waals surface area contributed by atoms with Gasteiger partial charge < -0.3 is 9.84 Å². The number of nitrogens with zero attached hydrogens (tertiary/aromatic N) is 2. The molecule has 0 saturated heterocycles. The first-order chi connectivity index (χ1) is 12.6. The van der Waals surface area contributed by atoms with Crippen LogP contribution in [0.15, 0.2) is 64.7 Å². The second kappa shape index (κ2) is 6.55. The maximum atomic E-state index is 13.8. The highest BCUT2D eigenvalue weighted by molar-refractivity contribution is 6.05. The van der Waals surface area contributed by atoms with Crippen LogP contribution in [0.25, 0.3) is 17.0 Å². The van der Waals surface area contributed by atoms with Crippen LogP contribution in [-0.2, 0) is 11.3 Å². The first kappa shape index (κ1) is 16.2. The van der Waals surface area contributed by atoms with Gasteiger partial charge in [-0.1, -0.05) is 53.2 Å². The fraction of sp³-hybridized carbons (Fsp3) is 0.150. The molecule has 6 heteroatoms. The molecule has 0 saturated carbocycles. The number of rotatable bonds is 5. The molecule has 1 N–H and O–H groups in total. The summed E-state index contributed by atoms with van der Waals surface area (Å²) in [5, 5.41) is 6.58. The maximum absolute atomic E-state index is 13.8. The predicted molar refractivity (Wildman–Crippen MR) is 94.1 cm³/mol. The van der Waals surface area contributed by atoms with E-state index >= 15 is 0 Å². The van der Waals surface area contributed by atoms with Gasteiger partial charge in [0.25, 0.3) is 0 Å². The summed E-state index contributed by atoms with van der Waals surface area (Å²) < 4.78 is 18.9. The van der Waals surface area contributed by atoms with Gasteiger partial charge in [-0.3, -0.25) is 4.79 Å². The van der Waals surface area contributed by atoms with Crippen LogP contribution in [0.5, 0.6) is 0 Å². The summed E-state index contributed by atoms with van der Waals surface area (Å²) in [6.45, 7) is 2.06. The van der Waals surface area contributed by atoms with Gasteiger partial charge in [0, 0.05) is 0 Å². The van der Waals surface area contributed by atoms with E-state index in [2.05, 4.69) is 15.5 Å². The van der Waals surface area contributed by atoms with Crippen LogP contribution in [0.3, 0.4) is 0 Å². The van der Waals surface area contributed by atoms with Crippen molar-refractivity contribution in [3.8, 4) is 11.4 Å². The quantitative estimate of drug-likeness (QED) is 0.764. The fourth-order valence-corrected chi connectivity index (χ4v) is 3.01. The summed E-state index contributed by atoms with van der Waals surface area (Å²) in [7, 11) is 0. The van der Waals surface area contributed by atoms with Crippen molar-refractivity contribution in [1.82, 2.24) is 15.5 Å². The van der Waals surface area contributed by atoms with Crippen molar-refractivity contribution in [2.75, 3.05) is 0 Å². The average molecular weight is 349 g/mol. The largest absolute Gasteiger partial charge is 0.346 e. The van der Waals surface area contributed by atoms with E-state index in [1.165, 1.54) is 6.07 Å². The van der Waals surface area contributed by atoms with Crippen LogP contribution < -0.4 is 5.32 Å². The average Bonchev–Trinajstić information content (AvgIpc) is 3.11. The number of benzene rings is 2. The third kappa shape index (κ3) is 3.01. The first-order valence-electron chi connectivity index (χ1n) is 8.26. The van der Waals surface area contributed by atoms with Crippen LogP contribution in [-0.4, -0.2) is 16.0 Å². The molecule has 5 nitrogen and oxygen atoms in total. The van der Waals surface area contributed by atoms with Crippen molar-refractivity contribution in [2.24, 2.45) is 5.92 Å². The summed E-state index contributed by atoms with van der Waals surface area (Å²) in [6, 6.07) is 16.0. The maximum Gasteiger partial charge on any atom is 0.246 e. The smallest absolute Gasteiger partial charge is 0.246 e. The van der Waals surface area contributed by atoms with E-state index in [-0.39, 0.29) is 35.6 Å². The second-order valence-electron chi connectivity index (χ2n) is 6.11. The molecule has 1 amide bonds. The number of amides is 1. The minimum absolute atomic E-state index is 0.103. The lowest BCUT2D eigenvalue weighted by Gasteiger charge is -2.03. The molecule has 0 bridgehead atoms. The number of halogens is 1. The zero-order valence-electron chi connectivity index (χ0n) is 14.1. The van der Waals surface area contributed by atoms with Gasteiger partial charge in [-0.2, -0.15) is 4.98 Å². The molecule has 1 aliphatic rings. The molecular weight excluding hydrogens is 333 g/mol. The van der Waals surface area contributed by atoms with Crippen LogP contribution in [0.4, 0.5) is 4.39 Å². The van der Waals surface area contributed by atoms with Crippen LogP contribution >= 0.6 is 0 Å². The lowest BCUT2D eigenvalue weighted by Crippen LogP contribution is -2.26. The summed E-state index contributed by atoms with van der Waals surface area (Å²) in [6.07, 6.45) is 0. The van der Waals surface area contributed by atoms with Crippen LogP contribution in [0.2, 0.25) is 0 Å². The Morgan fingerprint density at radius 2 is 1.88 bits per heavy atom. The Kier molecular flexibility index (Phi) is 4.08. The van der Waals surface area contributed by atoms with Gasteiger partial charge in [0.15, 0.2) is 0 Å². The SMILES string of the molecule is CC1=C(c2ccccc2)C1C(=O)NCc1nc(-c2ccccc2F)no1. The summed E-state index contributed by atoms with van der Waals surface area (Å²) in [4.78, 5) is 16.5. The number of nitrogens with one attached hydrogen (secondary N) is 1. The Labute approximate surface area is 149 Å². The Morgan fingerprint density at radius 3 is 2.65 bits per heavy atom. The van der Waals surface area contributed by atoms with Gasteiger partial charge in [0.05, 0.1) is 18.0 Å². The standard InChI is InChI=1S/C20H16FN3O2/c1-12-17(13-7-3-2-4-8-13)18(12)20(25)22-11-16-23-19(24-26-16)14-9-5-6-10-15(14)21/h2-10,18H,11H2,1H3,(H,22,25). The molecule has 1 heterocycles. The molecule has 0 aliphatic heterocycles. The highest BCUT2D eigenvalue weighted by Gasteiger charge is 2.39. The minimum atomic E-state index is -0.422. The van der Waals surface area contributed by atoms with Crippen molar-refractivity contribution < 1.29 is 13.7 Å². The van der Waals surface area contributed by atoms with Crippen molar-refractivity contribution in [1.29, 1.82) is 0 Å². The summed E-state index contributed by atoms with van der Waals surface area (Å²) in [5.74, 6) is -0.346. The van der Waals surface area contributed by atoms with Crippen molar-refractivity contribution in [3.63, 3.8) is 0 Å². The number of carbonyl (C=O) groups is 1. The topological polar surface area (TPSA) is 68.0 Å². The molecule has 1 aliphatic carbocycles. The van der Waals surface area contributed by atoms with E-state index < -0.39 is 5.82 Å². The highest BCUT2D eigenvalue weighted by atomic mass is 19.1. The normalized spacial score (nSPS) is 15.8. The van der Waals surface area contributed by atoms with Crippen molar-refractivity contribution in [3.05, 3.63) is 77.4 Å². The Hall–Kier alpha value is -3.28. The number of aromatic nitrogens is 2. The fourth-order valence-electron chi connectivity index (χ4n) is 3.01. The number of hydrogen-bond acceptors (Lipinski definition) is 4. The third-order valence-corrected chi connectivity index (χ3v) is 4.41. The summed E-state index contributed by atoms with van der Waals surface area (Å²) in [5.41, 5.74) is 3.44. The summed E-state index contributed by atoms with van der Waals surface area (Å²) >= 11 is 0. The molecule has 1 atom stereocenters. The Bertz CT molecular complexity index is 995. The van der Waals surface area contributed by atoms with Gasteiger partial charge >= 0.3 is 0 Å². The highest BCUT2D eigenvalue weighted by Crippen LogP contribution is 2.46. The van der Waals surface area contributed by atoms with E-state index in [0.29, 0.717) is 0 Å². The van der Waals surface area contributed by atoms with Gasteiger partial charge in [0.2, 0.25) is 17.6 Å². The molecular formula is C20H16FN3O2. The van der Waals surface area contributed by atoms with Gasteiger partial charge in [0.1, 0.15) is 5.82 Å². The van der Waals surface area contributed by atoms with Crippen LogP contribution in [0.1, 0.15) is 18.4 Å².